The number of hydrogen-bond acceptors (Lipinski definition) is 5. The van der Waals surface area contributed by atoms with E-state index in [9.17, 15) is 18.9 Å². The highest BCUT2D eigenvalue weighted by Crippen LogP contribution is 2.37. The molecule has 0 saturated carbocycles. The number of hydrogen-bond donors (Lipinski definition) is 2. The zero-order valence-corrected chi connectivity index (χ0v) is 18.6. The summed E-state index contributed by atoms with van der Waals surface area (Å²) in [4.78, 5) is 35.6. The van der Waals surface area contributed by atoms with Crippen molar-refractivity contribution in [1.29, 1.82) is 0 Å². The molecule has 0 fully saturated rings. The highest BCUT2D eigenvalue weighted by Gasteiger charge is 2.25. The minimum absolute atomic E-state index is 0.130. The van der Waals surface area contributed by atoms with Crippen LogP contribution in [0.5, 0.6) is 0 Å². The second kappa shape index (κ2) is 11.0. The van der Waals surface area contributed by atoms with Gasteiger partial charge in [0.25, 0.3) is 5.91 Å². The lowest BCUT2D eigenvalue weighted by Gasteiger charge is -2.22. The van der Waals surface area contributed by atoms with Gasteiger partial charge >= 0.3 is 0 Å². The summed E-state index contributed by atoms with van der Waals surface area (Å²) in [6.45, 7) is -0.0433. The number of aromatic nitrogens is 1. The molecular weight excluding hydrogens is 449 g/mol. The lowest BCUT2D eigenvalue weighted by atomic mass is 9.84. The molecular formula is C24H23ClFN3O4. The topological polar surface area (TPSA) is 101 Å². The van der Waals surface area contributed by atoms with E-state index in [-0.39, 0.29) is 36.1 Å². The maximum atomic E-state index is 14.9. The fourth-order valence-corrected chi connectivity index (χ4v) is 3.80. The Labute approximate surface area is 194 Å². The van der Waals surface area contributed by atoms with E-state index in [4.69, 9.17) is 16.7 Å². The summed E-state index contributed by atoms with van der Waals surface area (Å²) in [6, 6.07) is 13.0. The predicted molar refractivity (Wildman–Crippen MR) is 124 cm³/mol. The quantitative estimate of drug-likeness (QED) is 0.462. The molecule has 33 heavy (non-hydrogen) atoms. The Kier molecular flexibility index (Phi) is 8.08. The molecule has 0 aliphatic carbocycles. The molecule has 0 bridgehead atoms. The van der Waals surface area contributed by atoms with Gasteiger partial charge in [0, 0.05) is 42.4 Å². The van der Waals surface area contributed by atoms with Gasteiger partial charge in [-0.3, -0.25) is 9.59 Å². The lowest BCUT2D eigenvalue weighted by Crippen LogP contribution is -2.26. The van der Waals surface area contributed by atoms with E-state index in [1.165, 1.54) is 29.0 Å². The largest absolute Gasteiger partial charge is 0.395 e. The third-order valence-electron chi connectivity index (χ3n) is 5.39. The van der Waals surface area contributed by atoms with Crippen LogP contribution >= 0.6 is 11.6 Å². The normalized spacial score (nSPS) is 12.7. The van der Waals surface area contributed by atoms with Crippen molar-refractivity contribution in [2.75, 3.05) is 13.2 Å². The highest BCUT2D eigenvalue weighted by atomic mass is 35.5. The van der Waals surface area contributed by atoms with Gasteiger partial charge in [0.15, 0.2) is 0 Å². The molecule has 2 N–H and O–H groups in total. The molecule has 3 aromatic rings. The Bertz CT molecular complexity index is 1200. The molecule has 0 aliphatic heterocycles. The molecule has 1 amide bonds. The van der Waals surface area contributed by atoms with E-state index in [0.717, 1.165) is 0 Å². The van der Waals surface area contributed by atoms with Gasteiger partial charge in [-0.15, -0.1) is 0 Å². The van der Waals surface area contributed by atoms with E-state index < -0.39 is 17.8 Å². The van der Waals surface area contributed by atoms with Crippen LogP contribution in [0.1, 0.15) is 45.4 Å². The summed E-state index contributed by atoms with van der Waals surface area (Å²) in [5.41, 5.74) is 1.69. The first kappa shape index (κ1) is 24.3. The average Bonchev–Trinajstić information content (AvgIpc) is 2.81. The van der Waals surface area contributed by atoms with Gasteiger partial charge in [0.2, 0.25) is 5.56 Å². The molecule has 1 aromatic heterocycles. The highest BCUT2D eigenvalue weighted by molar-refractivity contribution is 6.30. The molecule has 0 saturated heterocycles. The lowest BCUT2D eigenvalue weighted by molar-refractivity contribution is 0.0944. The van der Waals surface area contributed by atoms with Crippen LogP contribution < -0.4 is 10.9 Å². The number of benzene rings is 2. The van der Waals surface area contributed by atoms with Gasteiger partial charge in [0.05, 0.1) is 6.61 Å². The third-order valence-corrected chi connectivity index (χ3v) is 5.63. The second-order valence-corrected chi connectivity index (χ2v) is 8.02. The van der Waals surface area contributed by atoms with Crippen molar-refractivity contribution in [3.8, 4) is 0 Å². The van der Waals surface area contributed by atoms with Gasteiger partial charge < -0.3 is 15.0 Å². The number of rotatable bonds is 9. The zero-order chi connectivity index (χ0) is 24.0. The summed E-state index contributed by atoms with van der Waals surface area (Å²) in [5.74, 6) is -1.44. The Morgan fingerprint density at radius 3 is 2.45 bits per heavy atom. The number of aliphatic hydroxyl groups excluding tert-OH is 1. The summed E-state index contributed by atoms with van der Waals surface area (Å²) in [5, 5.41) is 14.9. The number of nitrogens with zero attached hydrogens (tertiary/aromatic N) is 2. The number of halogens is 2. The molecule has 2 aromatic carbocycles. The minimum Gasteiger partial charge on any atom is -0.395 e. The molecule has 1 heterocycles. The maximum absolute atomic E-state index is 14.9. The molecule has 2 atom stereocenters. The minimum atomic E-state index is -0.843. The first-order chi connectivity index (χ1) is 15.8. The van der Waals surface area contributed by atoms with Crippen LogP contribution in [0, 0.1) is 10.7 Å². The third kappa shape index (κ3) is 5.91. The molecule has 2 unspecified atom stereocenters. The van der Waals surface area contributed by atoms with Crippen molar-refractivity contribution in [1.82, 2.24) is 9.88 Å². The van der Waals surface area contributed by atoms with Gasteiger partial charge in [-0.05, 0) is 53.4 Å². The number of nitroso groups, excluding NO2 is 1. The van der Waals surface area contributed by atoms with E-state index in [1.54, 1.807) is 43.4 Å². The summed E-state index contributed by atoms with van der Waals surface area (Å²) in [7, 11) is 1.57. The van der Waals surface area contributed by atoms with Gasteiger partial charge in [-0.2, -0.15) is 4.91 Å². The van der Waals surface area contributed by atoms with Crippen molar-refractivity contribution in [2.45, 2.75) is 18.4 Å². The Morgan fingerprint density at radius 1 is 1.15 bits per heavy atom. The van der Waals surface area contributed by atoms with Gasteiger partial charge in [-0.25, -0.2) is 4.39 Å². The van der Waals surface area contributed by atoms with Crippen molar-refractivity contribution in [3.63, 3.8) is 0 Å². The fourth-order valence-electron chi connectivity index (χ4n) is 3.64. The van der Waals surface area contributed by atoms with Crippen molar-refractivity contribution >= 4 is 17.5 Å². The summed E-state index contributed by atoms with van der Waals surface area (Å²) in [6.07, 6.45) is 1.68. The summed E-state index contributed by atoms with van der Waals surface area (Å²) < 4.78 is 16.2. The van der Waals surface area contributed by atoms with E-state index in [0.29, 0.717) is 22.3 Å². The van der Waals surface area contributed by atoms with Crippen LogP contribution in [-0.4, -0.2) is 28.7 Å². The molecule has 3 rings (SSSR count). The predicted octanol–water partition coefficient (Wildman–Crippen LogP) is 3.93. The number of nitrogens with one attached hydrogen (secondary N) is 1. The first-order valence-corrected chi connectivity index (χ1v) is 10.6. The van der Waals surface area contributed by atoms with Gasteiger partial charge in [0.1, 0.15) is 11.9 Å². The number of aryl methyl sites for hydroxylation is 1. The number of pyridine rings is 1. The number of carbonyl (C=O) groups is 1. The Morgan fingerprint density at radius 2 is 1.85 bits per heavy atom. The molecule has 7 nitrogen and oxygen atoms in total. The summed E-state index contributed by atoms with van der Waals surface area (Å²) >= 11 is 5.92. The molecule has 172 valence electrons. The van der Waals surface area contributed by atoms with E-state index >= 15 is 0 Å². The van der Waals surface area contributed by atoms with Crippen molar-refractivity contribution in [3.05, 3.63) is 109 Å². The molecule has 9 heteroatoms. The number of aliphatic hydroxyl groups is 1. The first-order valence-electron chi connectivity index (χ1n) is 10.3. The second-order valence-electron chi connectivity index (χ2n) is 7.59. The Balaban J connectivity index is 1.99. The van der Waals surface area contributed by atoms with Crippen LogP contribution in [0.25, 0.3) is 0 Å². The smallest absolute Gasteiger partial charge is 0.251 e. The standard InChI is InChI=1S/C24H23ClFN3O4/c1-29-14-17(6-9-23(29)31)22(28-33)13-20(19-8-7-18(25)12-21(19)26)15-2-4-16(5-3-15)24(32)27-10-11-30/h2-9,12,14,20,22,30H,10-11,13H2,1H3,(H,27,32). The Hall–Kier alpha value is -3.36. The zero-order valence-electron chi connectivity index (χ0n) is 17.9. The SMILES string of the molecule is Cn1cc(C(CC(c2ccc(C(=O)NCCO)cc2)c2ccc(Cl)cc2F)N=O)ccc1=O. The maximum Gasteiger partial charge on any atom is 0.251 e. The van der Waals surface area contributed by atoms with Crippen molar-refractivity contribution in [2.24, 2.45) is 12.2 Å². The van der Waals surface area contributed by atoms with Crippen LogP contribution in [-0.2, 0) is 7.05 Å². The van der Waals surface area contributed by atoms with Crippen LogP contribution in [0.4, 0.5) is 4.39 Å². The monoisotopic (exact) mass is 471 g/mol. The van der Waals surface area contributed by atoms with Crippen LogP contribution in [0.15, 0.2) is 70.8 Å². The van der Waals surface area contributed by atoms with Crippen LogP contribution in [0.2, 0.25) is 5.02 Å². The molecule has 0 spiro atoms. The van der Waals surface area contributed by atoms with E-state index in [2.05, 4.69) is 10.5 Å². The van der Waals surface area contributed by atoms with Gasteiger partial charge in [-0.1, -0.05) is 35.0 Å². The van der Waals surface area contributed by atoms with Crippen molar-refractivity contribution < 1.29 is 14.3 Å². The number of amides is 1. The average molecular weight is 472 g/mol. The fraction of sp³-hybridized carbons (Fsp3) is 0.250. The molecule has 0 aliphatic rings. The van der Waals surface area contributed by atoms with E-state index in [1.807, 2.05) is 0 Å². The molecule has 0 radical (unpaired) electrons. The number of carbonyl (C=O) groups excluding carboxylic acids is 1. The van der Waals surface area contributed by atoms with Crippen LogP contribution in [0.3, 0.4) is 0 Å².